The summed E-state index contributed by atoms with van der Waals surface area (Å²) in [5.74, 6) is -0.00575. The van der Waals surface area contributed by atoms with Crippen LogP contribution in [0.2, 0.25) is 5.02 Å². The lowest BCUT2D eigenvalue weighted by Crippen LogP contribution is -2.29. The summed E-state index contributed by atoms with van der Waals surface area (Å²) in [4.78, 5) is 21.0. The maximum Gasteiger partial charge on any atom is 0.433 e. The third-order valence-electron chi connectivity index (χ3n) is 5.47. The van der Waals surface area contributed by atoms with E-state index in [1.165, 1.54) is 25.3 Å². The molecule has 8 nitrogen and oxygen atoms in total. The highest BCUT2D eigenvalue weighted by molar-refractivity contribution is 6.32. The number of hydrogen-bond acceptors (Lipinski definition) is 7. The first-order chi connectivity index (χ1) is 18.1. The van der Waals surface area contributed by atoms with Crippen LogP contribution in [0.4, 0.5) is 13.2 Å². The smallest absolute Gasteiger partial charge is 0.433 e. The summed E-state index contributed by atoms with van der Waals surface area (Å²) in [6.07, 6.45) is -3.28. The summed E-state index contributed by atoms with van der Waals surface area (Å²) in [7, 11) is 1.32. The maximum atomic E-state index is 13.3. The second-order valence-corrected chi connectivity index (χ2v) is 8.34. The van der Waals surface area contributed by atoms with Crippen molar-refractivity contribution in [1.82, 2.24) is 15.3 Å². The van der Waals surface area contributed by atoms with E-state index in [0.29, 0.717) is 16.3 Å². The molecular weight excluding hydrogens is 525 g/mol. The first-order valence-corrected chi connectivity index (χ1v) is 11.6. The quantitative estimate of drug-likeness (QED) is 0.208. The minimum absolute atomic E-state index is 0.0309. The second kappa shape index (κ2) is 11.1. The van der Waals surface area contributed by atoms with Crippen LogP contribution in [0, 0.1) is 0 Å². The summed E-state index contributed by atoms with van der Waals surface area (Å²) in [6, 6.07) is 11.1. The fraction of sp³-hybridized carbons (Fsp3) is 0.192. The van der Waals surface area contributed by atoms with Gasteiger partial charge in [0.05, 0.1) is 24.7 Å². The molecule has 0 aliphatic rings. The average molecular weight is 547 g/mol. The van der Waals surface area contributed by atoms with Gasteiger partial charge in [0.25, 0.3) is 5.91 Å². The number of amides is 1. The lowest BCUT2D eigenvalue weighted by Gasteiger charge is -2.11. The number of oxazole rings is 1. The second-order valence-electron chi connectivity index (χ2n) is 7.93. The van der Waals surface area contributed by atoms with Crippen LogP contribution in [-0.2, 0) is 6.18 Å². The Labute approximate surface area is 220 Å². The van der Waals surface area contributed by atoms with E-state index in [-0.39, 0.29) is 47.1 Å². The molecule has 198 valence electrons. The number of fused-ring (bicyclic) bond motifs is 1. The molecule has 0 spiro atoms. The number of rotatable bonds is 9. The standard InChI is InChI=1S/C26H22ClF3N4O4/c1-3-17(31)23-22(24(35)32-12-13-37-18-7-5-4-6-16(18)27)34-25(38-23)15-8-10-19(36-2)21-14(15)9-11-20(33-21)26(28,29)30/h3-11,17H,1,12-13,31H2,2H3,(H,32,35)/t17-/m0/s1. The molecule has 0 bridgehead atoms. The average Bonchev–Trinajstić information content (AvgIpc) is 3.35. The van der Waals surface area contributed by atoms with Gasteiger partial charge < -0.3 is 24.9 Å². The predicted octanol–water partition coefficient (Wildman–Crippen LogP) is 5.57. The van der Waals surface area contributed by atoms with E-state index >= 15 is 0 Å². The molecule has 38 heavy (non-hydrogen) atoms. The van der Waals surface area contributed by atoms with Crippen LogP contribution >= 0.6 is 11.6 Å². The Morgan fingerprint density at radius 3 is 2.63 bits per heavy atom. The van der Waals surface area contributed by atoms with Gasteiger partial charge in [0.2, 0.25) is 5.89 Å². The molecule has 0 unspecified atom stereocenters. The molecule has 12 heteroatoms. The van der Waals surface area contributed by atoms with Crippen molar-refractivity contribution in [1.29, 1.82) is 0 Å². The molecule has 2 aromatic heterocycles. The van der Waals surface area contributed by atoms with Gasteiger partial charge in [0, 0.05) is 10.9 Å². The van der Waals surface area contributed by atoms with Crippen molar-refractivity contribution in [3.63, 3.8) is 0 Å². The SMILES string of the molecule is C=C[C@H](N)c1oc(-c2ccc(OC)c3nc(C(F)(F)F)ccc23)nc1C(=O)NCCOc1ccccc1Cl. The van der Waals surface area contributed by atoms with Gasteiger partial charge >= 0.3 is 6.18 Å². The Balaban J connectivity index is 1.64. The molecule has 0 fully saturated rings. The van der Waals surface area contributed by atoms with Gasteiger partial charge in [0.15, 0.2) is 11.5 Å². The van der Waals surface area contributed by atoms with Gasteiger partial charge in [-0.1, -0.05) is 29.8 Å². The number of alkyl halides is 3. The van der Waals surface area contributed by atoms with Gasteiger partial charge in [0.1, 0.15) is 29.3 Å². The zero-order chi connectivity index (χ0) is 27.4. The summed E-state index contributed by atoms with van der Waals surface area (Å²) in [5, 5.41) is 3.38. The number of carbonyl (C=O) groups excluding carboxylic acids is 1. The van der Waals surface area contributed by atoms with Gasteiger partial charge in [-0.15, -0.1) is 6.58 Å². The van der Waals surface area contributed by atoms with Crippen molar-refractivity contribution < 1.29 is 31.9 Å². The number of carbonyl (C=O) groups is 1. The highest BCUT2D eigenvalue weighted by Crippen LogP contribution is 2.37. The number of methoxy groups -OCH3 is 1. The molecule has 3 N–H and O–H groups in total. The van der Waals surface area contributed by atoms with Crippen LogP contribution in [0.15, 0.2) is 65.6 Å². The summed E-state index contributed by atoms with van der Waals surface area (Å²) >= 11 is 6.06. The van der Waals surface area contributed by atoms with Crippen LogP contribution < -0.4 is 20.5 Å². The van der Waals surface area contributed by atoms with E-state index in [1.807, 2.05) is 0 Å². The van der Waals surface area contributed by atoms with Crippen molar-refractivity contribution in [3.05, 3.63) is 83.4 Å². The van der Waals surface area contributed by atoms with Crippen molar-refractivity contribution in [2.45, 2.75) is 12.2 Å². The number of benzene rings is 2. The van der Waals surface area contributed by atoms with Gasteiger partial charge in [-0.25, -0.2) is 9.97 Å². The zero-order valence-electron chi connectivity index (χ0n) is 20.0. The molecule has 0 saturated heterocycles. The van der Waals surface area contributed by atoms with E-state index in [2.05, 4.69) is 21.9 Å². The Morgan fingerprint density at radius 1 is 1.18 bits per heavy atom. The van der Waals surface area contributed by atoms with Gasteiger partial charge in [-0.05, 0) is 36.4 Å². The van der Waals surface area contributed by atoms with Crippen molar-refractivity contribution in [3.8, 4) is 23.0 Å². The van der Waals surface area contributed by atoms with Crippen molar-refractivity contribution >= 4 is 28.4 Å². The number of para-hydroxylation sites is 1. The summed E-state index contributed by atoms with van der Waals surface area (Å²) in [5.41, 5.74) is 5.13. The largest absolute Gasteiger partial charge is 0.494 e. The molecule has 0 saturated carbocycles. The molecule has 1 atom stereocenters. The van der Waals surface area contributed by atoms with E-state index in [4.69, 9.17) is 31.2 Å². The zero-order valence-corrected chi connectivity index (χ0v) is 20.8. The molecule has 4 aromatic rings. The monoisotopic (exact) mass is 546 g/mol. The third-order valence-corrected chi connectivity index (χ3v) is 5.78. The third kappa shape index (κ3) is 5.58. The van der Waals surface area contributed by atoms with E-state index in [1.54, 1.807) is 30.3 Å². The van der Waals surface area contributed by atoms with Crippen LogP contribution in [0.5, 0.6) is 11.5 Å². The van der Waals surface area contributed by atoms with E-state index in [9.17, 15) is 18.0 Å². The molecule has 0 radical (unpaired) electrons. The molecule has 1 amide bonds. The van der Waals surface area contributed by atoms with Crippen LogP contribution in [0.25, 0.3) is 22.4 Å². The Bertz CT molecular complexity index is 1490. The fourth-order valence-corrected chi connectivity index (χ4v) is 3.81. The van der Waals surface area contributed by atoms with Gasteiger partial charge in [-0.3, -0.25) is 4.79 Å². The number of halogens is 4. The number of nitrogens with zero attached hydrogens (tertiary/aromatic N) is 2. The summed E-state index contributed by atoms with van der Waals surface area (Å²) in [6.45, 7) is 3.87. The normalized spacial score (nSPS) is 12.3. The lowest BCUT2D eigenvalue weighted by molar-refractivity contribution is -0.140. The number of ether oxygens (including phenoxy) is 2. The molecular formula is C26H22ClF3N4O4. The molecule has 0 aliphatic heterocycles. The minimum atomic E-state index is -4.65. The summed E-state index contributed by atoms with van der Waals surface area (Å²) < 4.78 is 56.4. The minimum Gasteiger partial charge on any atom is -0.494 e. The van der Waals surface area contributed by atoms with Crippen molar-refractivity contribution in [2.24, 2.45) is 5.73 Å². The van der Waals surface area contributed by atoms with Crippen molar-refractivity contribution in [2.75, 3.05) is 20.3 Å². The number of hydrogen-bond donors (Lipinski definition) is 2. The highest BCUT2D eigenvalue weighted by atomic mass is 35.5. The van der Waals surface area contributed by atoms with Crippen LogP contribution in [0.3, 0.4) is 0 Å². The number of aromatic nitrogens is 2. The maximum absolute atomic E-state index is 13.3. The first kappa shape index (κ1) is 27.0. The molecule has 4 rings (SSSR count). The first-order valence-electron chi connectivity index (χ1n) is 11.2. The Kier molecular flexibility index (Phi) is 7.88. The number of nitrogens with one attached hydrogen (secondary N) is 1. The molecule has 2 heterocycles. The highest BCUT2D eigenvalue weighted by Gasteiger charge is 2.33. The van der Waals surface area contributed by atoms with Gasteiger partial charge in [-0.2, -0.15) is 13.2 Å². The lowest BCUT2D eigenvalue weighted by atomic mass is 10.1. The Hall–Kier alpha value is -4.09. The number of nitrogens with two attached hydrogens (primary N) is 1. The number of pyridine rings is 1. The fourth-order valence-electron chi connectivity index (χ4n) is 3.61. The molecule has 0 aliphatic carbocycles. The topological polar surface area (TPSA) is 113 Å². The van der Waals surface area contributed by atoms with E-state index in [0.717, 1.165) is 6.07 Å². The Morgan fingerprint density at radius 2 is 1.95 bits per heavy atom. The molecule has 2 aromatic carbocycles. The van der Waals surface area contributed by atoms with Crippen LogP contribution in [0.1, 0.15) is 28.0 Å². The predicted molar refractivity (Wildman–Crippen MR) is 135 cm³/mol. The van der Waals surface area contributed by atoms with E-state index < -0.39 is 23.8 Å². The van der Waals surface area contributed by atoms with Crippen LogP contribution in [-0.4, -0.2) is 36.1 Å².